The summed E-state index contributed by atoms with van der Waals surface area (Å²) in [5, 5.41) is 12.4. The number of aryl methyl sites for hydroxylation is 1. The Labute approximate surface area is 134 Å². The minimum Gasteiger partial charge on any atom is -0.550 e. The first kappa shape index (κ1) is 14.7. The highest BCUT2D eigenvalue weighted by Gasteiger charge is 2.21. The summed E-state index contributed by atoms with van der Waals surface area (Å²) in [5.74, 6) is -1.59. The largest absolute Gasteiger partial charge is 0.550 e. The number of aromatic nitrogens is 2. The number of hydrogen-bond donors (Lipinski definition) is 1. The Morgan fingerprint density at radius 2 is 2.18 bits per heavy atom. The van der Waals surface area contributed by atoms with Crippen LogP contribution in [0.1, 0.15) is 25.9 Å². The number of aromatic amines is 1. The van der Waals surface area contributed by atoms with E-state index in [9.17, 15) is 14.7 Å². The zero-order valence-electron chi connectivity index (χ0n) is 11.5. The molecule has 0 atom stereocenters. The third kappa shape index (κ3) is 2.63. The summed E-state index contributed by atoms with van der Waals surface area (Å²) in [5.41, 5.74) is 1.24. The highest BCUT2D eigenvalue weighted by atomic mass is 35.5. The number of carbonyl (C=O) groups is 2. The number of nitrogens with zero attached hydrogens (tertiary/aromatic N) is 1. The minimum absolute atomic E-state index is 0.218. The van der Waals surface area contributed by atoms with Gasteiger partial charge in [-0.05, 0) is 30.7 Å². The molecule has 0 bridgehead atoms. The van der Waals surface area contributed by atoms with Gasteiger partial charge >= 0.3 is 0 Å². The van der Waals surface area contributed by atoms with E-state index in [2.05, 4.69) is 9.97 Å². The molecular formula is C15H10ClN2O3S-. The second kappa shape index (κ2) is 5.55. The van der Waals surface area contributed by atoms with Gasteiger partial charge in [-0.25, -0.2) is 4.98 Å². The Morgan fingerprint density at radius 3 is 2.82 bits per heavy atom. The van der Waals surface area contributed by atoms with Gasteiger partial charge in [-0.15, -0.1) is 11.3 Å². The van der Waals surface area contributed by atoms with E-state index in [1.54, 1.807) is 24.4 Å². The fraction of sp³-hybridized carbons (Fsp3) is 0.133. The van der Waals surface area contributed by atoms with Gasteiger partial charge in [0.25, 0.3) is 0 Å². The van der Waals surface area contributed by atoms with Crippen molar-refractivity contribution in [2.75, 3.05) is 0 Å². The fourth-order valence-electron chi connectivity index (χ4n) is 2.31. The number of aliphatic carboxylic acids is 1. The molecule has 0 fully saturated rings. The van der Waals surface area contributed by atoms with Gasteiger partial charge in [-0.3, -0.25) is 4.79 Å². The second-order valence-electron chi connectivity index (χ2n) is 4.82. The van der Waals surface area contributed by atoms with Crippen LogP contribution in [-0.4, -0.2) is 21.7 Å². The molecule has 1 N–H and O–H groups in total. The molecule has 22 heavy (non-hydrogen) atoms. The van der Waals surface area contributed by atoms with Crippen LogP contribution in [0, 0.1) is 6.92 Å². The van der Waals surface area contributed by atoms with Crippen LogP contribution in [0.2, 0.25) is 5.02 Å². The van der Waals surface area contributed by atoms with Gasteiger partial charge in [0, 0.05) is 39.4 Å². The zero-order valence-corrected chi connectivity index (χ0v) is 13.0. The van der Waals surface area contributed by atoms with Crippen molar-refractivity contribution in [1.82, 2.24) is 9.97 Å². The average Bonchev–Trinajstić information content (AvgIpc) is 3.03. The van der Waals surface area contributed by atoms with Gasteiger partial charge in [0.05, 0.1) is 5.69 Å². The van der Waals surface area contributed by atoms with Crippen LogP contribution in [0.3, 0.4) is 0 Å². The van der Waals surface area contributed by atoms with Crippen molar-refractivity contribution < 1.29 is 14.7 Å². The third-order valence-electron chi connectivity index (χ3n) is 3.23. The molecule has 1 aromatic carbocycles. The predicted molar refractivity (Wildman–Crippen MR) is 82.3 cm³/mol. The van der Waals surface area contributed by atoms with Crippen LogP contribution in [0.15, 0.2) is 24.4 Å². The van der Waals surface area contributed by atoms with E-state index >= 15 is 0 Å². The highest BCUT2D eigenvalue weighted by molar-refractivity contribution is 7.13. The molecular weight excluding hydrogens is 324 g/mol. The van der Waals surface area contributed by atoms with Crippen molar-refractivity contribution in [3.05, 3.63) is 50.6 Å². The summed E-state index contributed by atoms with van der Waals surface area (Å²) in [6.45, 7) is 1.85. The molecule has 0 spiro atoms. The molecule has 3 rings (SSSR count). The van der Waals surface area contributed by atoms with Crippen LogP contribution in [0.5, 0.6) is 0 Å². The van der Waals surface area contributed by atoms with E-state index in [-0.39, 0.29) is 17.9 Å². The number of nitrogens with one attached hydrogen (secondary N) is 1. The molecule has 0 unspecified atom stereocenters. The van der Waals surface area contributed by atoms with Crippen molar-refractivity contribution >= 4 is 45.6 Å². The van der Waals surface area contributed by atoms with Crippen LogP contribution < -0.4 is 5.11 Å². The number of benzene rings is 1. The number of carboxylic acids is 1. The van der Waals surface area contributed by atoms with Gasteiger partial charge in [-0.1, -0.05) is 11.6 Å². The number of carbonyl (C=O) groups excluding carboxylic acids is 2. The average molecular weight is 334 g/mol. The van der Waals surface area contributed by atoms with E-state index in [1.807, 2.05) is 6.92 Å². The van der Waals surface area contributed by atoms with E-state index in [0.717, 1.165) is 4.88 Å². The van der Waals surface area contributed by atoms with Gasteiger partial charge < -0.3 is 14.9 Å². The van der Waals surface area contributed by atoms with Crippen molar-refractivity contribution in [3.8, 4) is 0 Å². The van der Waals surface area contributed by atoms with E-state index in [0.29, 0.717) is 26.5 Å². The van der Waals surface area contributed by atoms with E-state index in [4.69, 9.17) is 11.6 Å². The summed E-state index contributed by atoms with van der Waals surface area (Å²) in [6.07, 6.45) is 1.24. The molecule has 7 heteroatoms. The van der Waals surface area contributed by atoms with E-state index in [1.165, 1.54) is 11.3 Å². The molecule has 5 nitrogen and oxygen atoms in total. The number of halogens is 1. The number of carboxylic acid groups (broad SMARTS) is 1. The molecule has 2 heterocycles. The first-order chi connectivity index (χ1) is 10.5. The molecule has 0 aliphatic carbocycles. The third-order valence-corrected chi connectivity index (χ3v) is 4.38. The molecule has 112 valence electrons. The second-order valence-corrected chi connectivity index (χ2v) is 6.49. The molecule has 0 saturated carbocycles. The number of H-pyrrole nitrogens is 1. The molecule has 0 saturated heterocycles. The van der Waals surface area contributed by atoms with Crippen molar-refractivity contribution in [2.45, 2.75) is 13.3 Å². The number of rotatable bonds is 4. The lowest BCUT2D eigenvalue weighted by atomic mass is 10.1. The molecule has 0 aliphatic heterocycles. The highest BCUT2D eigenvalue weighted by Crippen LogP contribution is 2.28. The molecule has 0 amide bonds. The lowest BCUT2D eigenvalue weighted by molar-refractivity contribution is -0.304. The Bertz CT molecular complexity index is 897. The normalized spacial score (nSPS) is 11.0. The first-order valence-corrected chi connectivity index (χ1v) is 7.62. The van der Waals surface area contributed by atoms with Crippen LogP contribution in [-0.2, 0) is 11.2 Å². The predicted octanol–water partition coefficient (Wildman–Crippen LogP) is 2.11. The topological polar surface area (TPSA) is 85.9 Å². The quantitative estimate of drug-likeness (QED) is 0.741. The Kier molecular flexibility index (Phi) is 3.72. The fourth-order valence-corrected chi connectivity index (χ4v) is 3.19. The van der Waals surface area contributed by atoms with Crippen LogP contribution in [0.25, 0.3) is 10.9 Å². The molecule has 2 aromatic heterocycles. The molecule has 0 aliphatic rings. The lowest BCUT2D eigenvalue weighted by Gasteiger charge is -2.04. The summed E-state index contributed by atoms with van der Waals surface area (Å²) in [4.78, 5) is 31.6. The SMILES string of the molecule is Cc1cnc(C(=O)c2[nH]c3ccc(Cl)cc3c2CC(=O)[O-])s1. The maximum absolute atomic E-state index is 12.6. The van der Waals surface area contributed by atoms with Crippen molar-refractivity contribution in [1.29, 1.82) is 0 Å². The Morgan fingerprint density at radius 1 is 1.41 bits per heavy atom. The number of ketones is 1. The van der Waals surface area contributed by atoms with Gasteiger partial charge in [0.2, 0.25) is 5.78 Å². The van der Waals surface area contributed by atoms with Crippen LogP contribution >= 0.6 is 22.9 Å². The minimum atomic E-state index is -1.26. The monoisotopic (exact) mass is 333 g/mol. The van der Waals surface area contributed by atoms with Gasteiger partial charge in [0.15, 0.2) is 5.01 Å². The number of thiazole rings is 1. The Balaban J connectivity index is 2.19. The van der Waals surface area contributed by atoms with Crippen molar-refractivity contribution in [3.63, 3.8) is 0 Å². The Hall–Kier alpha value is -2.18. The maximum Gasteiger partial charge on any atom is 0.238 e. The number of hydrogen-bond acceptors (Lipinski definition) is 5. The standard InChI is InChI=1S/C15H11ClN2O3S/c1-7-6-17-15(22-7)14(21)13-10(5-12(19)20)9-4-8(16)2-3-11(9)18-13/h2-4,6,18H,5H2,1H3,(H,19,20)/p-1. The first-order valence-electron chi connectivity index (χ1n) is 6.43. The molecule has 0 radical (unpaired) electrons. The smallest absolute Gasteiger partial charge is 0.238 e. The maximum atomic E-state index is 12.6. The number of fused-ring (bicyclic) bond motifs is 1. The molecule has 3 aromatic rings. The lowest BCUT2D eigenvalue weighted by Crippen LogP contribution is -2.25. The van der Waals surface area contributed by atoms with Crippen LogP contribution in [0.4, 0.5) is 0 Å². The van der Waals surface area contributed by atoms with Gasteiger partial charge in [-0.2, -0.15) is 0 Å². The summed E-state index contributed by atoms with van der Waals surface area (Å²) in [7, 11) is 0. The summed E-state index contributed by atoms with van der Waals surface area (Å²) in [6, 6.07) is 5.01. The van der Waals surface area contributed by atoms with Gasteiger partial charge in [0.1, 0.15) is 0 Å². The van der Waals surface area contributed by atoms with E-state index < -0.39 is 5.97 Å². The van der Waals surface area contributed by atoms with Crippen molar-refractivity contribution in [2.24, 2.45) is 0 Å². The summed E-state index contributed by atoms with van der Waals surface area (Å²) < 4.78 is 0. The summed E-state index contributed by atoms with van der Waals surface area (Å²) >= 11 is 7.23. The zero-order chi connectivity index (χ0) is 15.9.